The normalized spacial score (nSPS) is 11.2. The zero-order valence-electron chi connectivity index (χ0n) is 9.38. The highest BCUT2D eigenvalue weighted by Gasteiger charge is 2.15. The van der Waals surface area contributed by atoms with Gasteiger partial charge in [0.2, 0.25) is 0 Å². The van der Waals surface area contributed by atoms with Crippen molar-refractivity contribution < 1.29 is 13.2 Å². The lowest BCUT2D eigenvalue weighted by molar-refractivity contribution is 0.412. The molecule has 96 valence electrons. The van der Waals surface area contributed by atoms with E-state index in [-0.39, 0.29) is 4.21 Å². The summed E-state index contributed by atoms with van der Waals surface area (Å²) < 4.78 is 32.5. The summed E-state index contributed by atoms with van der Waals surface area (Å²) in [6.45, 7) is 0. The zero-order valence-corrected chi connectivity index (χ0v) is 12.6. The van der Waals surface area contributed by atoms with Gasteiger partial charge in [-0.25, -0.2) is 8.42 Å². The van der Waals surface area contributed by atoms with Gasteiger partial charge in [-0.15, -0.1) is 11.3 Å². The number of nitrogens with one attached hydrogen (secondary N) is 1. The third kappa shape index (κ3) is 2.85. The van der Waals surface area contributed by atoms with Gasteiger partial charge in [0.1, 0.15) is 9.96 Å². The fourth-order valence-corrected chi connectivity index (χ4v) is 3.93. The van der Waals surface area contributed by atoms with Gasteiger partial charge in [0, 0.05) is 0 Å². The van der Waals surface area contributed by atoms with Crippen LogP contribution in [0.5, 0.6) is 5.75 Å². The van der Waals surface area contributed by atoms with Crippen molar-refractivity contribution in [3.8, 4) is 5.75 Å². The van der Waals surface area contributed by atoms with Crippen LogP contribution in [0, 0.1) is 0 Å². The number of hydrogen-bond acceptors (Lipinski definition) is 4. The molecule has 0 aliphatic rings. The predicted molar refractivity (Wildman–Crippen MR) is 75.8 cm³/mol. The third-order valence-electron chi connectivity index (χ3n) is 2.16. The number of thiophene rings is 1. The molecule has 1 aromatic carbocycles. The Morgan fingerprint density at radius 1 is 1.33 bits per heavy atom. The standard InChI is InChI=1S/C11H10BrNO3S2/c1-16-10-5-4-8(7-9(10)12)13-18(14,15)11-3-2-6-17-11/h2-7,13H,1H3. The summed E-state index contributed by atoms with van der Waals surface area (Å²) >= 11 is 4.48. The molecular weight excluding hydrogens is 338 g/mol. The van der Waals surface area contributed by atoms with Gasteiger partial charge in [0.25, 0.3) is 10.0 Å². The van der Waals surface area contributed by atoms with Crippen molar-refractivity contribution in [1.29, 1.82) is 0 Å². The van der Waals surface area contributed by atoms with E-state index in [2.05, 4.69) is 20.7 Å². The average Bonchev–Trinajstić information content (AvgIpc) is 2.82. The molecule has 0 saturated carbocycles. The molecule has 1 heterocycles. The fraction of sp³-hybridized carbons (Fsp3) is 0.0909. The summed E-state index contributed by atoms with van der Waals surface area (Å²) in [7, 11) is -1.95. The molecule has 0 saturated heterocycles. The first-order valence-electron chi connectivity index (χ1n) is 4.93. The third-order valence-corrected chi connectivity index (χ3v) is 5.56. The van der Waals surface area contributed by atoms with Crippen molar-refractivity contribution in [3.05, 3.63) is 40.2 Å². The molecule has 4 nitrogen and oxygen atoms in total. The van der Waals surface area contributed by atoms with E-state index >= 15 is 0 Å². The first-order valence-corrected chi connectivity index (χ1v) is 8.08. The Balaban J connectivity index is 2.27. The maximum atomic E-state index is 12.0. The van der Waals surface area contributed by atoms with Crippen LogP contribution in [0.3, 0.4) is 0 Å². The number of ether oxygens (including phenoxy) is 1. The zero-order chi connectivity index (χ0) is 13.2. The molecule has 0 atom stereocenters. The maximum absolute atomic E-state index is 12.0. The van der Waals surface area contributed by atoms with Gasteiger partial charge in [-0.2, -0.15) is 0 Å². The summed E-state index contributed by atoms with van der Waals surface area (Å²) in [6, 6.07) is 8.25. The van der Waals surface area contributed by atoms with E-state index in [0.29, 0.717) is 15.9 Å². The van der Waals surface area contributed by atoms with Crippen LogP contribution in [0.25, 0.3) is 0 Å². The van der Waals surface area contributed by atoms with E-state index < -0.39 is 10.0 Å². The Bertz CT molecular complexity index is 638. The van der Waals surface area contributed by atoms with Gasteiger partial charge < -0.3 is 4.74 Å². The average molecular weight is 348 g/mol. The molecule has 2 aromatic rings. The van der Waals surface area contributed by atoms with E-state index in [1.54, 1.807) is 42.8 Å². The van der Waals surface area contributed by atoms with Crippen LogP contribution in [-0.4, -0.2) is 15.5 Å². The number of rotatable bonds is 4. The maximum Gasteiger partial charge on any atom is 0.271 e. The second-order valence-electron chi connectivity index (χ2n) is 3.39. The van der Waals surface area contributed by atoms with Crippen molar-refractivity contribution in [2.24, 2.45) is 0 Å². The van der Waals surface area contributed by atoms with Crippen molar-refractivity contribution in [2.45, 2.75) is 4.21 Å². The van der Waals surface area contributed by atoms with E-state index in [1.807, 2.05) is 0 Å². The van der Waals surface area contributed by atoms with Crippen LogP contribution in [0.2, 0.25) is 0 Å². The molecule has 1 N–H and O–H groups in total. The van der Waals surface area contributed by atoms with Crippen LogP contribution in [0.1, 0.15) is 0 Å². The number of anilines is 1. The van der Waals surface area contributed by atoms with Crippen molar-refractivity contribution in [3.63, 3.8) is 0 Å². The van der Waals surface area contributed by atoms with Gasteiger partial charge >= 0.3 is 0 Å². The molecular formula is C11H10BrNO3S2. The molecule has 0 amide bonds. The van der Waals surface area contributed by atoms with Gasteiger partial charge in [0.15, 0.2) is 0 Å². The Morgan fingerprint density at radius 3 is 2.67 bits per heavy atom. The summed E-state index contributed by atoms with van der Waals surface area (Å²) in [5.41, 5.74) is 0.482. The number of halogens is 1. The van der Waals surface area contributed by atoms with Crippen molar-refractivity contribution in [2.75, 3.05) is 11.8 Å². The highest BCUT2D eigenvalue weighted by molar-refractivity contribution is 9.10. The summed E-state index contributed by atoms with van der Waals surface area (Å²) in [5, 5.41) is 1.72. The van der Waals surface area contributed by atoms with Crippen LogP contribution < -0.4 is 9.46 Å². The number of sulfonamides is 1. The summed E-state index contributed by atoms with van der Waals surface area (Å²) in [4.78, 5) is 0. The fourth-order valence-electron chi connectivity index (χ4n) is 1.35. The largest absolute Gasteiger partial charge is 0.496 e. The Hall–Kier alpha value is -1.05. The van der Waals surface area contributed by atoms with Crippen LogP contribution in [0.4, 0.5) is 5.69 Å². The molecule has 0 bridgehead atoms. The van der Waals surface area contributed by atoms with Gasteiger partial charge in [0.05, 0.1) is 17.3 Å². The van der Waals surface area contributed by atoms with Crippen LogP contribution in [0.15, 0.2) is 44.4 Å². The lowest BCUT2D eigenvalue weighted by Gasteiger charge is -2.08. The second kappa shape index (κ2) is 5.29. The minimum Gasteiger partial charge on any atom is -0.496 e. The highest BCUT2D eigenvalue weighted by Crippen LogP contribution is 2.29. The number of methoxy groups -OCH3 is 1. The molecule has 0 aliphatic heterocycles. The Labute approximate surface area is 118 Å². The van der Waals surface area contributed by atoms with Gasteiger partial charge in [-0.05, 0) is 45.6 Å². The van der Waals surface area contributed by atoms with Crippen LogP contribution in [-0.2, 0) is 10.0 Å². The Kier molecular flexibility index (Phi) is 3.94. The quantitative estimate of drug-likeness (QED) is 0.922. The number of hydrogen-bond donors (Lipinski definition) is 1. The van der Waals surface area contributed by atoms with Crippen molar-refractivity contribution >= 4 is 43.0 Å². The first-order chi connectivity index (χ1) is 8.53. The molecule has 2 rings (SSSR count). The van der Waals surface area contributed by atoms with Crippen molar-refractivity contribution in [1.82, 2.24) is 0 Å². The molecule has 0 fully saturated rings. The molecule has 0 spiro atoms. The summed E-state index contributed by atoms with van der Waals surface area (Å²) in [5.74, 6) is 0.647. The Morgan fingerprint density at radius 2 is 2.11 bits per heavy atom. The molecule has 0 radical (unpaired) electrons. The van der Waals surface area contributed by atoms with Gasteiger partial charge in [-0.1, -0.05) is 6.07 Å². The first kappa shape index (κ1) is 13.4. The van der Waals surface area contributed by atoms with Gasteiger partial charge in [-0.3, -0.25) is 4.72 Å². The molecule has 0 unspecified atom stereocenters. The SMILES string of the molecule is COc1ccc(NS(=O)(=O)c2cccs2)cc1Br. The highest BCUT2D eigenvalue weighted by atomic mass is 79.9. The van der Waals surface area contributed by atoms with E-state index in [1.165, 1.54) is 11.3 Å². The minimum absolute atomic E-state index is 0.287. The van der Waals surface area contributed by atoms with E-state index in [4.69, 9.17) is 4.74 Å². The lowest BCUT2D eigenvalue weighted by Crippen LogP contribution is -2.11. The summed E-state index contributed by atoms with van der Waals surface area (Å²) in [6.07, 6.45) is 0. The monoisotopic (exact) mass is 347 g/mol. The molecule has 18 heavy (non-hydrogen) atoms. The van der Waals surface area contributed by atoms with E-state index in [0.717, 1.165) is 0 Å². The predicted octanol–water partition coefficient (Wildman–Crippen LogP) is 3.32. The molecule has 1 aromatic heterocycles. The second-order valence-corrected chi connectivity index (χ2v) is 7.10. The number of benzene rings is 1. The van der Waals surface area contributed by atoms with E-state index in [9.17, 15) is 8.42 Å². The molecule has 7 heteroatoms. The minimum atomic E-state index is -3.50. The lowest BCUT2D eigenvalue weighted by atomic mass is 10.3. The van der Waals surface area contributed by atoms with Crippen LogP contribution >= 0.6 is 27.3 Å². The smallest absolute Gasteiger partial charge is 0.271 e. The molecule has 0 aliphatic carbocycles. The topological polar surface area (TPSA) is 55.4 Å².